The van der Waals surface area contributed by atoms with Gasteiger partial charge >= 0.3 is 0 Å². The summed E-state index contributed by atoms with van der Waals surface area (Å²) in [6, 6.07) is 9.93. The molecule has 1 aliphatic carbocycles. The summed E-state index contributed by atoms with van der Waals surface area (Å²) in [6.07, 6.45) is 5.68. The second-order valence-corrected chi connectivity index (χ2v) is 8.49. The van der Waals surface area contributed by atoms with Crippen LogP contribution in [0, 0.1) is 12.8 Å². The molecule has 0 radical (unpaired) electrons. The molecule has 6 heteroatoms. The number of aryl methyl sites for hydroxylation is 1. The molecule has 0 atom stereocenters. The Balaban J connectivity index is 1.44. The zero-order valence-electron chi connectivity index (χ0n) is 15.6. The molecule has 0 bridgehead atoms. The van der Waals surface area contributed by atoms with Gasteiger partial charge in [-0.25, -0.2) is 0 Å². The molecule has 2 heterocycles. The van der Waals surface area contributed by atoms with Crippen molar-refractivity contribution in [2.24, 2.45) is 5.92 Å². The summed E-state index contributed by atoms with van der Waals surface area (Å²) in [5.74, 6) is 0.0971. The molecule has 2 aliphatic rings. The summed E-state index contributed by atoms with van der Waals surface area (Å²) in [5.41, 5.74) is 2.85. The van der Waals surface area contributed by atoms with Crippen LogP contribution < -0.4 is 15.5 Å². The SMILES string of the molecule is Cc1cc(NC(=O)C2CC2)sc1C(=O)Nc1cccc(N2CCCCC2)c1. The van der Waals surface area contributed by atoms with Crippen molar-refractivity contribution in [3.05, 3.63) is 40.8 Å². The first-order valence-electron chi connectivity index (χ1n) is 9.68. The van der Waals surface area contributed by atoms with E-state index in [0.29, 0.717) is 4.88 Å². The van der Waals surface area contributed by atoms with Crippen molar-refractivity contribution in [1.82, 2.24) is 0 Å². The summed E-state index contributed by atoms with van der Waals surface area (Å²) in [4.78, 5) is 27.7. The summed E-state index contributed by atoms with van der Waals surface area (Å²) >= 11 is 1.34. The average molecular weight is 384 g/mol. The summed E-state index contributed by atoms with van der Waals surface area (Å²) in [5, 5.41) is 6.69. The molecule has 0 spiro atoms. The lowest BCUT2D eigenvalue weighted by atomic mass is 10.1. The Kier molecular flexibility index (Phi) is 5.16. The quantitative estimate of drug-likeness (QED) is 0.790. The maximum absolute atomic E-state index is 12.7. The standard InChI is InChI=1S/C21H25N3O2S/c1-14-12-18(23-20(25)15-8-9-15)27-19(14)21(26)22-16-6-5-7-17(13-16)24-10-3-2-4-11-24/h5-7,12-13,15H,2-4,8-11H2,1H3,(H,22,26)(H,23,25). The van der Waals surface area contributed by atoms with E-state index in [4.69, 9.17) is 0 Å². The van der Waals surface area contributed by atoms with Gasteiger partial charge < -0.3 is 15.5 Å². The van der Waals surface area contributed by atoms with Gasteiger partial charge in [-0.3, -0.25) is 9.59 Å². The lowest BCUT2D eigenvalue weighted by Crippen LogP contribution is -2.29. The number of thiophene rings is 1. The zero-order chi connectivity index (χ0) is 18.8. The van der Waals surface area contributed by atoms with Crippen LogP contribution in [-0.4, -0.2) is 24.9 Å². The van der Waals surface area contributed by atoms with Gasteiger partial charge in [0, 0.05) is 30.4 Å². The van der Waals surface area contributed by atoms with Gasteiger partial charge in [-0.1, -0.05) is 6.07 Å². The number of nitrogens with one attached hydrogen (secondary N) is 2. The van der Waals surface area contributed by atoms with Crippen LogP contribution in [0.15, 0.2) is 30.3 Å². The fraction of sp³-hybridized carbons (Fsp3) is 0.429. The molecule has 4 rings (SSSR count). The van der Waals surface area contributed by atoms with E-state index in [2.05, 4.69) is 21.6 Å². The maximum Gasteiger partial charge on any atom is 0.266 e. The van der Waals surface area contributed by atoms with E-state index in [1.54, 1.807) is 0 Å². The molecular formula is C21H25N3O2S. The highest BCUT2D eigenvalue weighted by Gasteiger charge is 2.30. The Morgan fingerprint density at radius 2 is 1.85 bits per heavy atom. The fourth-order valence-electron chi connectivity index (χ4n) is 3.46. The van der Waals surface area contributed by atoms with Crippen LogP contribution in [0.2, 0.25) is 0 Å². The molecule has 1 saturated carbocycles. The first-order chi connectivity index (χ1) is 13.1. The minimum atomic E-state index is -0.125. The molecule has 1 aromatic carbocycles. The van der Waals surface area contributed by atoms with Crippen molar-refractivity contribution in [2.75, 3.05) is 28.6 Å². The Bertz CT molecular complexity index is 851. The lowest BCUT2D eigenvalue weighted by molar-refractivity contribution is -0.117. The Hall–Kier alpha value is -2.34. The largest absolute Gasteiger partial charge is 0.371 e. The van der Waals surface area contributed by atoms with Crippen molar-refractivity contribution in [3.63, 3.8) is 0 Å². The second-order valence-electron chi connectivity index (χ2n) is 7.44. The van der Waals surface area contributed by atoms with Gasteiger partial charge in [0.05, 0.1) is 9.88 Å². The van der Waals surface area contributed by atoms with Crippen molar-refractivity contribution < 1.29 is 9.59 Å². The molecule has 142 valence electrons. The number of hydrogen-bond acceptors (Lipinski definition) is 4. The predicted molar refractivity (Wildman–Crippen MR) is 111 cm³/mol. The third kappa shape index (κ3) is 4.33. The van der Waals surface area contributed by atoms with E-state index >= 15 is 0 Å². The topological polar surface area (TPSA) is 61.4 Å². The first kappa shape index (κ1) is 18.0. The first-order valence-corrected chi connectivity index (χ1v) is 10.5. The molecule has 2 fully saturated rings. The number of carbonyl (C=O) groups excluding carboxylic acids is 2. The molecule has 5 nitrogen and oxygen atoms in total. The fourth-order valence-corrected chi connectivity index (χ4v) is 4.43. The van der Waals surface area contributed by atoms with Crippen molar-refractivity contribution in [1.29, 1.82) is 0 Å². The molecule has 1 aromatic heterocycles. The number of amides is 2. The molecule has 2 amide bonds. The average Bonchev–Trinajstić information content (AvgIpc) is 3.46. The van der Waals surface area contributed by atoms with Gasteiger partial charge in [-0.15, -0.1) is 11.3 Å². The zero-order valence-corrected chi connectivity index (χ0v) is 16.4. The Morgan fingerprint density at radius 3 is 2.59 bits per heavy atom. The summed E-state index contributed by atoms with van der Waals surface area (Å²) < 4.78 is 0. The number of nitrogens with zero attached hydrogens (tertiary/aromatic N) is 1. The van der Waals surface area contributed by atoms with Gasteiger partial charge in [0.25, 0.3) is 5.91 Å². The maximum atomic E-state index is 12.7. The van der Waals surface area contributed by atoms with E-state index in [1.165, 1.54) is 30.6 Å². The van der Waals surface area contributed by atoms with Crippen molar-refractivity contribution in [2.45, 2.75) is 39.0 Å². The minimum absolute atomic E-state index is 0.0671. The third-order valence-electron chi connectivity index (χ3n) is 5.14. The predicted octanol–water partition coefficient (Wildman–Crippen LogP) is 4.65. The van der Waals surface area contributed by atoms with Crippen molar-refractivity contribution in [3.8, 4) is 0 Å². The molecule has 27 heavy (non-hydrogen) atoms. The Labute approximate surface area is 163 Å². The summed E-state index contributed by atoms with van der Waals surface area (Å²) in [6.45, 7) is 4.05. The molecule has 1 aliphatic heterocycles. The van der Waals surface area contributed by atoms with E-state index < -0.39 is 0 Å². The molecule has 0 unspecified atom stereocenters. The number of anilines is 3. The lowest BCUT2D eigenvalue weighted by Gasteiger charge is -2.29. The molecular weight excluding hydrogens is 358 g/mol. The highest BCUT2D eigenvalue weighted by Crippen LogP contribution is 2.33. The number of hydrogen-bond donors (Lipinski definition) is 2. The molecule has 2 N–H and O–H groups in total. The number of carbonyl (C=O) groups is 2. The van der Waals surface area contributed by atoms with Gasteiger partial charge in [0.1, 0.15) is 0 Å². The van der Waals surface area contributed by atoms with Gasteiger partial charge in [0.15, 0.2) is 0 Å². The minimum Gasteiger partial charge on any atom is -0.371 e. The monoisotopic (exact) mass is 383 g/mol. The van der Waals surface area contributed by atoms with Gasteiger partial charge in [0.2, 0.25) is 5.91 Å². The molecule has 1 saturated heterocycles. The van der Waals surface area contributed by atoms with Crippen LogP contribution in [0.1, 0.15) is 47.3 Å². The number of piperidine rings is 1. The Morgan fingerprint density at radius 1 is 1.07 bits per heavy atom. The third-order valence-corrected chi connectivity index (χ3v) is 6.30. The number of rotatable bonds is 5. The van der Waals surface area contributed by atoms with Crippen LogP contribution in [0.25, 0.3) is 0 Å². The second kappa shape index (κ2) is 7.72. The smallest absolute Gasteiger partial charge is 0.266 e. The van der Waals surface area contributed by atoms with E-state index in [-0.39, 0.29) is 17.7 Å². The molecule has 2 aromatic rings. The summed E-state index contributed by atoms with van der Waals surface area (Å²) in [7, 11) is 0. The van der Waals surface area contributed by atoms with Crippen LogP contribution in [0.5, 0.6) is 0 Å². The highest BCUT2D eigenvalue weighted by atomic mass is 32.1. The van der Waals surface area contributed by atoms with Gasteiger partial charge in [-0.05, 0) is 68.9 Å². The van der Waals surface area contributed by atoms with E-state index in [0.717, 1.165) is 47.9 Å². The van der Waals surface area contributed by atoms with Crippen LogP contribution in [-0.2, 0) is 4.79 Å². The van der Waals surface area contributed by atoms with Crippen LogP contribution in [0.3, 0.4) is 0 Å². The van der Waals surface area contributed by atoms with Crippen molar-refractivity contribution >= 4 is 39.5 Å². The van der Waals surface area contributed by atoms with E-state index in [9.17, 15) is 9.59 Å². The van der Waals surface area contributed by atoms with Crippen LogP contribution >= 0.6 is 11.3 Å². The van der Waals surface area contributed by atoms with Crippen LogP contribution in [0.4, 0.5) is 16.4 Å². The van der Waals surface area contributed by atoms with Gasteiger partial charge in [-0.2, -0.15) is 0 Å². The van der Waals surface area contributed by atoms with E-state index in [1.807, 2.05) is 31.2 Å². The number of benzene rings is 1. The normalized spacial score (nSPS) is 16.9. The highest BCUT2D eigenvalue weighted by molar-refractivity contribution is 7.18.